The van der Waals surface area contributed by atoms with Crippen molar-refractivity contribution in [3.63, 3.8) is 0 Å². The molecule has 162 valence electrons. The Bertz CT molecular complexity index is 864. The molecule has 2 aromatic rings. The molecule has 1 aliphatic heterocycles. The van der Waals surface area contributed by atoms with Gasteiger partial charge in [-0.05, 0) is 17.5 Å². The summed E-state index contributed by atoms with van der Waals surface area (Å²) in [7, 11) is 0. The Morgan fingerprint density at radius 3 is 2.80 bits per heavy atom. The Labute approximate surface area is 181 Å². The molecule has 8 heteroatoms. The lowest BCUT2D eigenvalue weighted by Crippen LogP contribution is -2.45. The Kier molecular flexibility index (Phi) is 7.95. The zero-order valence-electron chi connectivity index (χ0n) is 17.5. The number of thiazole rings is 1. The standard InChI is InChI=1S/C22H29N3O4S/c1-3-15(2)20(22(27)28)24-19(26)12-18-14-30-21(23-18)17-6-4-5-16(11-17)13-25-7-9-29-10-8-25/h4-6,11,14-15,20H,3,7-10,12-13H2,1-2H3,(H,24,26)(H,27,28). The smallest absolute Gasteiger partial charge is 0.326 e. The number of ether oxygens (including phenoxy) is 1. The lowest BCUT2D eigenvalue weighted by Gasteiger charge is -2.26. The first-order valence-electron chi connectivity index (χ1n) is 10.3. The van der Waals surface area contributed by atoms with Gasteiger partial charge in [0.25, 0.3) is 0 Å². The average molecular weight is 432 g/mol. The van der Waals surface area contributed by atoms with Crippen LogP contribution in [0.1, 0.15) is 31.5 Å². The predicted molar refractivity (Wildman–Crippen MR) is 116 cm³/mol. The van der Waals surface area contributed by atoms with Gasteiger partial charge in [-0.2, -0.15) is 0 Å². The maximum Gasteiger partial charge on any atom is 0.326 e. The molecule has 2 unspecified atom stereocenters. The number of hydrogen-bond donors (Lipinski definition) is 2. The summed E-state index contributed by atoms with van der Waals surface area (Å²) in [5.41, 5.74) is 2.90. The maximum absolute atomic E-state index is 12.3. The average Bonchev–Trinajstić information content (AvgIpc) is 3.20. The molecule has 0 aliphatic carbocycles. The van der Waals surface area contributed by atoms with Crippen molar-refractivity contribution >= 4 is 23.2 Å². The van der Waals surface area contributed by atoms with Gasteiger partial charge in [0.2, 0.25) is 5.91 Å². The molecule has 7 nitrogen and oxygen atoms in total. The Balaban J connectivity index is 1.62. The van der Waals surface area contributed by atoms with E-state index in [0.717, 1.165) is 43.4 Å². The number of carboxylic acids is 1. The molecule has 3 rings (SSSR count). The van der Waals surface area contributed by atoms with Crippen molar-refractivity contribution in [2.24, 2.45) is 5.92 Å². The van der Waals surface area contributed by atoms with Gasteiger partial charge in [0.15, 0.2) is 0 Å². The summed E-state index contributed by atoms with van der Waals surface area (Å²) in [6.07, 6.45) is 0.753. The minimum absolute atomic E-state index is 0.0736. The third kappa shape index (κ3) is 6.10. The van der Waals surface area contributed by atoms with Crippen molar-refractivity contribution in [3.05, 3.63) is 40.9 Å². The normalized spacial score (nSPS) is 16.7. The number of amides is 1. The van der Waals surface area contributed by atoms with E-state index in [-0.39, 0.29) is 18.2 Å². The molecule has 0 bridgehead atoms. The number of morpholine rings is 1. The van der Waals surface area contributed by atoms with Gasteiger partial charge in [0.05, 0.1) is 25.3 Å². The molecule has 1 fully saturated rings. The topological polar surface area (TPSA) is 91.8 Å². The van der Waals surface area contributed by atoms with E-state index < -0.39 is 12.0 Å². The van der Waals surface area contributed by atoms with Crippen molar-refractivity contribution in [1.29, 1.82) is 0 Å². The maximum atomic E-state index is 12.3. The van der Waals surface area contributed by atoms with Crippen LogP contribution in [0.25, 0.3) is 10.6 Å². The highest BCUT2D eigenvalue weighted by Crippen LogP contribution is 2.25. The highest BCUT2D eigenvalue weighted by atomic mass is 32.1. The molecule has 0 radical (unpaired) electrons. The van der Waals surface area contributed by atoms with Crippen molar-refractivity contribution in [3.8, 4) is 10.6 Å². The van der Waals surface area contributed by atoms with Crippen molar-refractivity contribution in [2.45, 2.75) is 39.3 Å². The molecule has 2 N–H and O–H groups in total. The van der Waals surface area contributed by atoms with Gasteiger partial charge >= 0.3 is 5.97 Å². The fourth-order valence-corrected chi connectivity index (χ4v) is 4.23. The van der Waals surface area contributed by atoms with Gasteiger partial charge in [0.1, 0.15) is 11.0 Å². The first-order chi connectivity index (χ1) is 14.5. The number of aromatic nitrogens is 1. The highest BCUT2D eigenvalue weighted by molar-refractivity contribution is 7.13. The molecule has 2 atom stereocenters. The van der Waals surface area contributed by atoms with Crippen LogP contribution in [0.2, 0.25) is 0 Å². The third-order valence-corrected chi connectivity index (χ3v) is 6.31. The van der Waals surface area contributed by atoms with Crippen LogP contribution in [0.3, 0.4) is 0 Å². The van der Waals surface area contributed by atoms with Crippen LogP contribution in [0.5, 0.6) is 0 Å². The van der Waals surface area contributed by atoms with Crippen molar-refractivity contribution < 1.29 is 19.4 Å². The van der Waals surface area contributed by atoms with Gasteiger partial charge < -0.3 is 15.2 Å². The molecule has 2 heterocycles. The van der Waals surface area contributed by atoms with Crippen LogP contribution >= 0.6 is 11.3 Å². The number of carbonyl (C=O) groups is 2. The molecule has 1 aliphatic rings. The molecule has 1 saturated heterocycles. The number of carbonyl (C=O) groups excluding carboxylic acids is 1. The van der Waals surface area contributed by atoms with E-state index in [1.807, 2.05) is 31.4 Å². The lowest BCUT2D eigenvalue weighted by molar-refractivity contribution is -0.143. The SMILES string of the molecule is CCC(C)C(NC(=O)Cc1csc(-c2cccc(CN3CCOCC3)c2)n1)C(=O)O. The molecule has 1 aromatic heterocycles. The van der Waals surface area contributed by atoms with Gasteiger partial charge in [-0.3, -0.25) is 9.69 Å². The van der Waals surface area contributed by atoms with E-state index in [4.69, 9.17) is 4.74 Å². The van der Waals surface area contributed by atoms with Gasteiger partial charge in [-0.1, -0.05) is 38.5 Å². The van der Waals surface area contributed by atoms with Crippen LogP contribution in [0, 0.1) is 5.92 Å². The van der Waals surface area contributed by atoms with Crippen LogP contribution in [-0.2, 0) is 27.3 Å². The Morgan fingerprint density at radius 2 is 2.10 bits per heavy atom. The molecular weight excluding hydrogens is 402 g/mol. The van der Waals surface area contributed by atoms with Crippen LogP contribution in [-0.4, -0.2) is 59.2 Å². The van der Waals surface area contributed by atoms with Gasteiger partial charge in [0, 0.05) is 30.6 Å². The first-order valence-corrected chi connectivity index (χ1v) is 11.2. The number of nitrogens with zero attached hydrogens (tertiary/aromatic N) is 2. The van der Waals surface area contributed by atoms with Crippen molar-refractivity contribution in [1.82, 2.24) is 15.2 Å². The van der Waals surface area contributed by atoms with E-state index in [9.17, 15) is 14.7 Å². The van der Waals surface area contributed by atoms with E-state index in [1.165, 1.54) is 16.9 Å². The van der Waals surface area contributed by atoms with Gasteiger partial charge in [-0.25, -0.2) is 9.78 Å². The lowest BCUT2D eigenvalue weighted by atomic mass is 9.99. The predicted octanol–water partition coefficient (Wildman–Crippen LogP) is 2.80. The summed E-state index contributed by atoms with van der Waals surface area (Å²) in [4.78, 5) is 30.7. The first kappa shape index (κ1) is 22.4. The molecule has 0 saturated carbocycles. The highest BCUT2D eigenvalue weighted by Gasteiger charge is 2.25. The number of rotatable bonds is 9. The number of nitrogens with one attached hydrogen (secondary N) is 1. The van der Waals surface area contributed by atoms with E-state index >= 15 is 0 Å². The second-order valence-electron chi connectivity index (χ2n) is 7.68. The van der Waals surface area contributed by atoms with Crippen LogP contribution in [0.4, 0.5) is 0 Å². The summed E-state index contributed by atoms with van der Waals surface area (Å²) in [6.45, 7) is 8.04. The number of aliphatic carboxylic acids is 1. The summed E-state index contributed by atoms with van der Waals surface area (Å²) in [5, 5.41) is 14.7. The fourth-order valence-electron chi connectivity index (χ4n) is 3.41. The monoisotopic (exact) mass is 431 g/mol. The third-order valence-electron chi connectivity index (χ3n) is 5.37. The Hall–Kier alpha value is -2.29. The largest absolute Gasteiger partial charge is 0.480 e. The zero-order valence-corrected chi connectivity index (χ0v) is 18.3. The van der Waals surface area contributed by atoms with E-state index in [0.29, 0.717) is 12.1 Å². The minimum atomic E-state index is -1.01. The molecule has 30 heavy (non-hydrogen) atoms. The minimum Gasteiger partial charge on any atom is -0.480 e. The number of carboxylic acid groups (broad SMARTS) is 1. The second kappa shape index (κ2) is 10.7. The molecular formula is C22H29N3O4S. The zero-order chi connectivity index (χ0) is 21.5. The second-order valence-corrected chi connectivity index (χ2v) is 8.54. The van der Waals surface area contributed by atoms with Crippen molar-refractivity contribution in [2.75, 3.05) is 26.3 Å². The van der Waals surface area contributed by atoms with E-state index in [2.05, 4.69) is 27.3 Å². The number of benzene rings is 1. The van der Waals surface area contributed by atoms with Crippen LogP contribution in [0.15, 0.2) is 29.6 Å². The Morgan fingerprint density at radius 1 is 1.33 bits per heavy atom. The number of hydrogen-bond acceptors (Lipinski definition) is 6. The molecule has 0 spiro atoms. The summed E-state index contributed by atoms with van der Waals surface area (Å²) in [6, 6.07) is 7.43. The quantitative estimate of drug-likeness (QED) is 0.634. The van der Waals surface area contributed by atoms with E-state index in [1.54, 1.807) is 0 Å². The van der Waals surface area contributed by atoms with Gasteiger partial charge in [-0.15, -0.1) is 11.3 Å². The fraction of sp³-hybridized carbons (Fsp3) is 0.500. The molecule has 1 aromatic carbocycles. The summed E-state index contributed by atoms with van der Waals surface area (Å²) >= 11 is 1.49. The van der Waals surface area contributed by atoms with Crippen LogP contribution < -0.4 is 5.32 Å². The molecule has 1 amide bonds. The summed E-state index contributed by atoms with van der Waals surface area (Å²) in [5.74, 6) is -1.46. The summed E-state index contributed by atoms with van der Waals surface area (Å²) < 4.78 is 5.41.